The summed E-state index contributed by atoms with van der Waals surface area (Å²) in [6.45, 7) is 4.33. The number of aromatic nitrogens is 3. The van der Waals surface area contributed by atoms with E-state index in [2.05, 4.69) is 21.5 Å². The summed E-state index contributed by atoms with van der Waals surface area (Å²) in [5.41, 5.74) is 3.09. The number of amides is 1. The van der Waals surface area contributed by atoms with Crippen LogP contribution in [-0.2, 0) is 6.54 Å². The largest absolute Gasteiger partial charge is 0.463 e. The minimum absolute atomic E-state index is 0.0940. The van der Waals surface area contributed by atoms with E-state index in [1.807, 2.05) is 19.9 Å². The standard InChI is InChI=1S/C22H19N5O2/c1-14(2)27-21-18(13-25-27)17(10-19(26-21)20-7-4-8-29-20)22(28)24-12-16-6-3-5-15(9-16)11-23/h3-10,13-14H,12H2,1-2H3,(H,24,28). The maximum absolute atomic E-state index is 13.0. The molecule has 3 aromatic heterocycles. The van der Waals surface area contributed by atoms with Gasteiger partial charge in [-0.15, -0.1) is 0 Å². The van der Waals surface area contributed by atoms with Crippen molar-refractivity contribution < 1.29 is 9.21 Å². The van der Waals surface area contributed by atoms with E-state index in [9.17, 15) is 4.79 Å². The Morgan fingerprint density at radius 3 is 2.86 bits per heavy atom. The van der Waals surface area contributed by atoms with Crippen LogP contribution in [0.25, 0.3) is 22.5 Å². The van der Waals surface area contributed by atoms with Gasteiger partial charge < -0.3 is 9.73 Å². The smallest absolute Gasteiger partial charge is 0.252 e. The minimum atomic E-state index is -0.240. The molecule has 3 heterocycles. The van der Waals surface area contributed by atoms with Crippen LogP contribution in [0, 0.1) is 11.3 Å². The van der Waals surface area contributed by atoms with Gasteiger partial charge in [0.2, 0.25) is 0 Å². The van der Waals surface area contributed by atoms with Gasteiger partial charge in [-0.25, -0.2) is 9.67 Å². The van der Waals surface area contributed by atoms with E-state index in [1.165, 1.54) is 0 Å². The second kappa shape index (κ2) is 7.60. The molecule has 1 aromatic carbocycles. The molecule has 0 fully saturated rings. The molecule has 0 bridgehead atoms. The Labute approximate surface area is 167 Å². The van der Waals surface area contributed by atoms with E-state index in [0.29, 0.717) is 40.2 Å². The summed E-state index contributed by atoms with van der Waals surface area (Å²) in [4.78, 5) is 17.7. The molecule has 0 atom stereocenters. The van der Waals surface area contributed by atoms with Crippen LogP contribution in [0.4, 0.5) is 0 Å². The van der Waals surface area contributed by atoms with Gasteiger partial charge in [-0.2, -0.15) is 10.4 Å². The van der Waals surface area contributed by atoms with E-state index in [1.54, 1.807) is 53.5 Å². The molecule has 0 aliphatic heterocycles. The fourth-order valence-corrected chi connectivity index (χ4v) is 3.16. The Hall–Kier alpha value is -3.92. The first-order valence-electron chi connectivity index (χ1n) is 9.26. The van der Waals surface area contributed by atoms with Crippen molar-refractivity contribution in [1.82, 2.24) is 20.1 Å². The molecule has 0 aliphatic carbocycles. The molecule has 7 nitrogen and oxygen atoms in total. The number of nitrogens with one attached hydrogen (secondary N) is 1. The Morgan fingerprint density at radius 1 is 1.28 bits per heavy atom. The SMILES string of the molecule is CC(C)n1ncc2c(C(=O)NCc3cccc(C#N)c3)cc(-c3ccco3)nc21. The molecule has 0 radical (unpaired) electrons. The Balaban J connectivity index is 1.71. The Kier molecular flexibility index (Phi) is 4.83. The van der Waals surface area contributed by atoms with Crippen molar-refractivity contribution in [3.8, 4) is 17.5 Å². The fourth-order valence-electron chi connectivity index (χ4n) is 3.16. The summed E-state index contributed by atoms with van der Waals surface area (Å²) in [6.07, 6.45) is 3.24. The molecule has 29 heavy (non-hydrogen) atoms. The van der Waals surface area contributed by atoms with Crippen molar-refractivity contribution in [2.24, 2.45) is 0 Å². The first kappa shape index (κ1) is 18.4. The number of carbonyl (C=O) groups excluding carboxylic acids is 1. The molecule has 1 N–H and O–H groups in total. The van der Waals surface area contributed by atoms with Gasteiger partial charge in [0.1, 0.15) is 5.69 Å². The molecule has 0 saturated heterocycles. The normalized spacial score (nSPS) is 11.0. The predicted molar refractivity (Wildman–Crippen MR) is 108 cm³/mol. The third-order valence-electron chi connectivity index (χ3n) is 4.58. The summed E-state index contributed by atoms with van der Waals surface area (Å²) in [5, 5.41) is 17.1. The van der Waals surface area contributed by atoms with Crippen LogP contribution in [0.3, 0.4) is 0 Å². The van der Waals surface area contributed by atoms with E-state index in [4.69, 9.17) is 9.68 Å². The Bertz CT molecular complexity index is 1220. The summed E-state index contributed by atoms with van der Waals surface area (Å²) in [6, 6.07) is 14.7. The number of furan rings is 1. The van der Waals surface area contributed by atoms with Gasteiger partial charge in [-0.05, 0) is 49.7 Å². The monoisotopic (exact) mass is 385 g/mol. The second-order valence-corrected chi connectivity index (χ2v) is 6.95. The number of benzene rings is 1. The van der Waals surface area contributed by atoms with E-state index in [-0.39, 0.29) is 11.9 Å². The molecule has 0 aliphatic rings. The zero-order valence-electron chi connectivity index (χ0n) is 16.1. The van der Waals surface area contributed by atoms with Gasteiger partial charge in [0, 0.05) is 12.6 Å². The van der Waals surface area contributed by atoms with Crippen LogP contribution in [0.15, 0.2) is 59.3 Å². The van der Waals surface area contributed by atoms with Crippen molar-refractivity contribution in [3.63, 3.8) is 0 Å². The van der Waals surface area contributed by atoms with Gasteiger partial charge in [0.05, 0.1) is 35.0 Å². The number of hydrogen-bond donors (Lipinski definition) is 1. The first-order chi connectivity index (χ1) is 14.1. The molecule has 0 saturated carbocycles. The zero-order chi connectivity index (χ0) is 20.4. The lowest BCUT2D eigenvalue weighted by Gasteiger charge is -2.10. The quantitative estimate of drug-likeness (QED) is 0.558. The summed E-state index contributed by atoms with van der Waals surface area (Å²) in [5.74, 6) is 0.343. The number of hydrogen-bond acceptors (Lipinski definition) is 5. The van der Waals surface area contributed by atoms with E-state index >= 15 is 0 Å². The number of carbonyl (C=O) groups is 1. The van der Waals surface area contributed by atoms with Crippen molar-refractivity contribution in [2.45, 2.75) is 26.4 Å². The number of nitrogens with zero attached hydrogens (tertiary/aromatic N) is 4. The molecule has 4 aromatic rings. The third-order valence-corrected chi connectivity index (χ3v) is 4.58. The highest BCUT2D eigenvalue weighted by atomic mass is 16.3. The molecule has 0 spiro atoms. The van der Waals surface area contributed by atoms with Gasteiger partial charge in [-0.3, -0.25) is 4.79 Å². The van der Waals surface area contributed by atoms with E-state index < -0.39 is 0 Å². The van der Waals surface area contributed by atoms with Crippen LogP contribution >= 0.6 is 0 Å². The number of nitriles is 1. The van der Waals surface area contributed by atoms with Crippen molar-refractivity contribution in [1.29, 1.82) is 5.26 Å². The second-order valence-electron chi connectivity index (χ2n) is 6.95. The van der Waals surface area contributed by atoms with Gasteiger partial charge in [0.25, 0.3) is 5.91 Å². The maximum atomic E-state index is 13.0. The van der Waals surface area contributed by atoms with Crippen molar-refractivity contribution >= 4 is 16.9 Å². The van der Waals surface area contributed by atoms with Crippen LogP contribution in [0.2, 0.25) is 0 Å². The molecule has 1 amide bonds. The van der Waals surface area contributed by atoms with E-state index in [0.717, 1.165) is 5.56 Å². The molecule has 7 heteroatoms. The predicted octanol–water partition coefficient (Wildman–Crippen LogP) is 4.07. The number of rotatable bonds is 5. The highest BCUT2D eigenvalue weighted by Gasteiger charge is 2.19. The summed E-state index contributed by atoms with van der Waals surface area (Å²) < 4.78 is 7.27. The van der Waals surface area contributed by atoms with Crippen molar-refractivity contribution in [3.05, 3.63) is 71.6 Å². The van der Waals surface area contributed by atoms with Crippen molar-refractivity contribution in [2.75, 3.05) is 0 Å². The molecular weight excluding hydrogens is 366 g/mol. The summed E-state index contributed by atoms with van der Waals surface area (Å²) in [7, 11) is 0. The molecular formula is C22H19N5O2. The van der Waals surface area contributed by atoms with Crippen LogP contribution < -0.4 is 5.32 Å². The molecule has 0 unspecified atom stereocenters. The summed E-state index contributed by atoms with van der Waals surface area (Å²) >= 11 is 0. The first-order valence-corrected chi connectivity index (χ1v) is 9.26. The number of pyridine rings is 1. The van der Waals surface area contributed by atoms with Crippen LogP contribution in [0.1, 0.15) is 41.4 Å². The molecule has 4 rings (SSSR count). The maximum Gasteiger partial charge on any atom is 0.252 e. The van der Waals surface area contributed by atoms with Crippen LogP contribution in [0.5, 0.6) is 0 Å². The van der Waals surface area contributed by atoms with Crippen LogP contribution in [-0.4, -0.2) is 20.7 Å². The highest BCUT2D eigenvalue weighted by molar-refractivity contribution is 6.06. The van der Waals surface area contributed by atoms with Gasteiger partial charge in [0.15, 0.2) is 11.4 Å². The van der Waals surface area contributed by atoms with Gasteiger partial charge in [-0.1, -0.05) is 12.1 Å². The lowest BCUT2D eigenvalue weighted by molar-refractivity contribution is 0.0952. The fraction of sp³-hybridized carbons (Fsp3) is 0.182. The average molecular weight is 385 g/mol. The zero-order valence-corrected chi connectivity index (χ0v) is 16.1. The minimum Gasteiger partial charge on any atom is -0.463 e. The average Bonchev–Trinajstić information content (AvgIpc) is 3.41. The Morgan fingerprint density at radius 2 is 2.14 bits per heavy atom. The lowest BCUT2D eigenvalue weighted by Crippen LogP contribution is -2.23. The topological polar surface area (TPSA) is 96.7 Å². The number of fused-ring (bicyclic) bond motifs is 1. The lowest BCUT2D eigenvalue weighted by atomic mass is 10.1. The molecule has 144 valence electrons. The third kappa shape index (κ3) is 3.60. The van der Waals surface area contributed by atoms with Gasteiger partial charge >= 0.3 is 0 Å². The highest BCUT2D eigenvalue weighted by Crippen LogP contribution is 2.26.